The van der Waals surface area contributed by atoms with Crippen molar-refractivity contribution >= 4 is 5.91 Å². The lowest BCUT2D eigenvalue weighted by atomic mass is 10.1. The average Bonchev–Trinajstić information content (AvgIpc) is 2.91. The molecule has 1 aromatic heterocycles. The smallest absolute Gasteiger partial charge is 0.244 e. The van der Waals surface area contributed by atoms with Gasteiger partial charge in [-0.15, -0.1) is 0 Å². The Morgan fingerprint density at radius 3 is 2.86 bits per heavy atom. The van der Waals surface area contributed by atoms with Gasteiger partial charge in [-0.1, -0.05) is 30.4 Å². The highest BCUT2D eigenvalue weighted by atomic mass is 19.1. The summed E-state index contributed by atoms with van der Waals surface area (Å²) < 4.78 is 15.3. The van der Waals surface area contributed by atoms with Crippen LogP contribution in [0.4, 0.5) is 4.39 Å². The van der Waals surface area contributed by atoms with E-state index in [-0.39, 0.29) is 11.7 Å². The highest BCUT2D eigenvalue weighted by molar-refractivity contribution is 5.88. The number of benzene rings is 1. The molecule has 0 aliphatic rings. The van der Waals surface area contributed by atoms with Gasteiger partial charge in [0.2, 0.25) is 5.91 Å². The molecular formula is C17H18FN3O. The molecule has 0 saturated heterocycles. The molecule has 22 heavy (non-hydrogen) atoms. The van der Waals surface area contributed by atoms with Crippen molar-refractivity contribution in [1.82, 2.24) is 14.9 Å². The maximum absolute atomic E-state index is 13.5. The van der Waals surface area contributed by atoms with Crippen molar-refractivity contribution in [3.63, 3.8) is 0 Å². The zero-order valence-electron chi connectivity index (χ0n) is 12.5. The van der Waals surface area contributed by atoms with Crippen molar-refractivity contribution < 1.29 is 9.18 Å². The number of rotatable bonds is 5. The first-order chi connectivity index (χ1) is 10.6. The minimum atomic E-state index is -0.515. The van der Waals surface area contributed by atoms with E-state index in [1.165, 1.54) is 18.2 Å². The Labute approximate surface area is 129 Å². The monoisotopic (exact) mass is 299 g/mol. The number of aryl methyl sites for hydroxylation is 1. The molecule has 1 atom stereocenters. The molecule has 0 radical (unpaired) electrons. The fourth-order valence-electron chi connectivity index (χ4n) is 2.08. The zero-order valence-corrected chi connectivity index (χ0v) is 12.5. The molecule has 4 nitrogen and oxygen atoms in total. The van der Waals surface area contributed by atoms with Crippen LogP contribution in [-0.4, -0.2) is 15.5 Å². The first-order valence-electron chi connectivity index (χ1n) is 6.94. The third-order valence-electron chi connectivity index (χ3n) is 3.14. The second-order valence-electron chi connectivity index (χ2n) is 4.78. The number of halogens is 1. The molecule has 1 heterocycles. The molecule has 114 valence electrons. The van der Waals surface area contributed by atoms with Gasteiger partial charge in [-0.3, -0.25) is 4.79 Å². The SMILES string of the molecule is CC=CC=CC(=O)NC(c1cccc(F)c1)c1nccn1C. The first-order valence-corrected chi connectivity index (χ1v) is 6.94. The van der Waals surface area contributed by atoms with Crippen molar-refractivity contribution in [3.05, 3.63) is 78.2 Å². The number of nitrogens with zero attached hydrogens (tertiary/aromatic N) is 2. The first kappa shape index (κ1) is 15.7. The molecule has 1 amide bonds. The summed E-state index contributed by atoms with van der Waals surface area (Å²) in [5.74, 6) is 0.0177. The number of hydrogen-bond acceptors (Lipinski definition) is 2. The molecular weight excluding hydrogens is 281 g/mol. The molecule has 1 unspecified atom stereocenters. The summed E-state index contributed by atoms with van der Waals surface area (Å²) in [6.07, 6.45) is 10.1. The predicted octanol–water partition coefficient (Wildman–Crippen LogP) is 2.90. The summed E-state index contributed by atoms with van der Waals surface area (Å²) in [7, 11) is 1.83. The fraction of sp³-hybridized carbons (Fsp3) is 0.176. The van der Waals surface area contributed by atoms with Gasteiger partial charge < -0.3 is 9.88 Å². The van der Waals surface area contributed by atoms with E-state index in [4.69, 9.17) is 0 Å². The number of allylic oxidation sites excluding steroid dienone is 3. The second kappa shape index (κ2) is 7.36. The molecule has 1 aromatic carbocycles. The number of nitrogens with one attached hydrogen (secondary N) is 1. The Morgan fingerprint density at radius 1 is 1.41 bits per heavy atom. The van der Waals surface area contributed by atoms with Crippen molar-refractivity contribution in [1.29, 1.82) is 0 Å². The van der Waals surface area contributed by atoms with Gasteiger partial charge in [0.15, 0.2) is 0 Å². The van der Waals surface area contributed by atoms with E-state index in [2.05, 4.69) is 10.3 Å². The predicted molar refractivity (Wildman–Crippen MR) is 83.5 cm³/mol. The van der Waals surface area contributed by atoms with E-state index < -0.39 is 6.04 Å². The van der Waals surface area contributed by atoms with Gasteiger partial charge in [0.1, 0.15) is 17.7 Å². The molecule has 0 fully saturated rings. The molecule has 5 heteroatoms. The van der Waals surface area contributed by atoms with Gasteiger partial charge in [-0.05, 0) is 24.6 Å². The van der Waals surface area contributed by atoms with Crippen LogP contribution in [0.2, 0.25) is 0 Å². The lowest BCUT2D eigenvalue weighted by Crippen LogP contribution is -2.29. The van der Waals surface area contributed by atoms with E-state index in [1.54, 1.807) is 41.2 Å². The standard InChI is InChI=1S/C17H18FN3O/c1-3-4-5-9-15(22)20-16(17-19-10-11-21(17)2)13-7-6-8-14(18)12-13/h3-12,16H,1-2H3,(H,20,22). The molecule has 2 aromatic rings. The molecule has 0 saturated carbocycles. The third-order valence-corrected chi connectivity index (χ3v) is 3.14. The topological polar surface area (TPSA) is 46.9 Å². The minimum absolute atomic E-state index is 0.268. The number of imidazole rings is 1. The van der Waals surface area contributed by atoms with Gasteiger partial charge in [0, 0.05) is 25.5 Å². The Bertz CT molecular complexity index is 703. The Kier molecular flexibility index (Phi) is 5.25. The summed E-state index contributed by atoms with van der Waals surface area (Å²) in [5.41, 5.74) is 0.641. The van der Waals surface area contributed by atoms with Crippen molar-refractivity contribution in [2.24, 2.45) is 7.05 Å². The summed E-state index contributed by atoms with van der Waals surface area (Å²) in [5, 5.41) is 2.85. The van der Waals surface area contributed by atoms with Gasteiger partial charge in [0.25, 0.3) is 0 Å². The van der Waals surface area contributed by atoms with Crippen molar-refractivity contribution in [2.45, 2.75) is 13.0 Å². The van der Waals surface area contributed by atoms with E-state index in [0.29, 0.717) is 11.4 Å². The van der Waals surface area contributed by atoms with Crippen LogP contribution >= 0.6 is 0 Å². The van der Waals surface area contributed by atoms with Crippen LogP contribution in [0.3, 0.4) is 0 Å². The summed E-state index contributed by atoms with van der Waals surface area (Å²) in [6, 6.07) is 5.63. The largest absolute Gasteiger partial charge is 0.339 e. The van der Waals surface area contributed by atoms with E-state index in [0.717, 1.165) is 0 Å². The molecule has 0 aliphatic carbocycles. The maximum atomic E-state index is 13.5. The fourth-order valence-corrected chi connectivity index (χ4v) is 2.08. The lowest BCUT2D eigenvalue weighted by molar-refractivity contribution is -0.117. The van der Waals surface area contributed by atoms with Crippen LogP contribution < -0.4 is 5.32 Å². The van der Waals surface area contributed by atoms with Gasteiger partial charge >= 0.3 is 0 Å². The lowest BCUT2D eigenvalue weighted by Gasteiger charge is -2.18. The van der Waals surface area contributed by atoms with Gasteiger partial charge in [0.05, 0.1) is 0 Å². The zero-order chi connectivity index (χ0) is 15.9. The van der Waals surface area contributed by atoms with Crippen molar-refractivity contribution in [2.75, 3.05) is 0 Å². The number of carbonyl (C=O) groups excluding carboxylic acids is 1. The van der Waals surface area contributed by atoms with Gasteiger partial charge in [-0.2, -0.15) is 0 Å². The molecule has 0 bridgehead atoms. The molecule has 2 rings (SSSR count). The highest BCUT2D eigenvalue weighted by Gasteiger charge is 2.20. The van der Waals surface area contributed by atoms with Crippen LogP contribution in [0.25, 0.3) is 0 Å². The number of hydrogen-bond donors (Lipinski definition) is 1. The Hall–Kier alpha value is -2.69. The van der Waals surface area contributed by atoms with Crippen LogP contribution in [0.1, 0.15) is 24.4 Å². The van der Waals surface area contributed by atoms with E-state index in [9.17, 15) is 9.18 Å². The quantitative estimate of drug-likeness (QED) is 0.681. The van der Waals surface area contributed by atoms with E-state index >= 15 is 0 Å². The Morgan fingerprint density at radius 2 is 2.23 bits per heavy atom. The number of amides is 1. The summed E-state index contributed by atoms with van der Waals surface area (Å²) in [4.78, 5) is 16.3. The highest BCUT2D eigenvalue weighted by Crippen LogP contribution is 2.21. The van der Waals surface area contributed by atoms with Gasteiger partial charge in [-0.25, -0.2) is 9.37 Å². The molecule has 0 spiro atoms. The Balaban J connectivity index is 2.31. The average molecular weight is 299 g/mol. The number of carbonyl (C=O) groups is 1. The van der Waals surface area contributed by atoms with Crippen molar-refractivity contribution in [3.8, 4) is 0 Å². The summed E-state index contributed by atoms with van der Waals surface area (Å²) >= 11 is 0. The minimum Gasteiger partial charge on any atom is -0.339 e. The van der Waals surface area contributed by atoms with Crippen LogP contribution in [0, 0.1) is 5.82 Å². The third kappa shape index (κ3) is 3.91. The summed E-state index contributed by atoms with van der Waals surface area (Å²) in [6.45, 7) is 1.87. The molecule has 0 aliphatic heterocycles. The van der Waals surface area contributed by atoms with E-state index in [1.807, 2.05) is 20.0 Å². The van der Waals surface area contributed by atoms with Crippen LogP contribution in [-0.2, 0) is 11.8 Å². The second-order valence-corrected chi connectivity index (χ2v) is 4.78. The van der Waals surface area contributed by atoms with Crippen LogP contribution in [0.5, 0.6) is 0 Å². The number of aromatic nitrogens is 2. The van der Waals surface area contributed by atoms with Crippen LogP contribution in [0.15, 0.2) is 61.0 Å². The normalized spacial score (nSPS) is 12.9. The molecule has 1 N–H and O–H groups in total. The maximum Gasteiger partial charge on any atom is 0.244 e.